The fourth-order valence-electron chi connectivity index (χ4n) is 4.07. The van der Waals surface area contributed by atoms with Gasteiger partial charge in [-0.3, -0.25) is 0 Å². The molecule has 1 N–H and O–H groups in total. The highest BCUT2D eigenvalue weighted by Crippen LogP contribution is 2.41. The van der Waals surface area contributed by atoms with Gasteiger partial charge in [0.1, 0.15) is 0 Å². The van der Waals surface area contributed by atoms with Crippen LogP contribution in [-0.2, 0) is 9.53 Å². The molecule has 0 atom stereocenters. The van der Waals surface area contributed by atoms with E-state index >= 15 is 0 Å². The van der Waals surface area contributed by atoms with Crippen molar-refractivity contribution in [1.29, 1.82) is 5.41 Å². The molecule has 2 aliphatic carbocycles. The number of esters is 1. The van der Waals surface area contributed by atoms with Crippen LogP contribution in [0.15, 0.2) is 11.1 Å². The molecular weight excluding hydrogens is 262 g/mol. The summed E-state index contributed by atoms with van der Waals surface area (Å²) in [5, 5.41) is 7.75. The maximum Gasteiger partial charge on any atom is 0.339 e. The van der Waals surface area contributed by atoms with Crippen molar-refractivity contribution in [2.24, 2.45) is 11.8 Å². The zero-order valence-corrected chi connectivity index (χ0v) is 13.3. The zero-order valence-electron chi connectivity index (χ0n) is 13.3. The number of hydrogen-bond donors (Lipinski definition) is 1. The standard InChI is InChI=1S/C18H29NO2/c1-2-21-18(20)16(13-19)17(14-9-5-3-6-10-14)15-11-7-4-8-12-15/h13-15,19H,2-12H2,1H3. The molecule has 0 saturated heterocycles. The molecular formula is C18H29NO2. The molecule has 3 nitrogen and oxygen atoms in total. The number of carbonyl (C=O) groups excluding carboxylic acids is 1. The summed E-state index contributed by atoms with van der Waals surface area (Å²) < 4.78 is 5.21. The summed E-state index contributed by atoms with van der Waals surface area (Å²) in [5.41, 5.74) is 1.83. The number of carbonyl (C=O) groups is 1. The molecule has 0 aliphatic heterocycles. The Bertz CT molecular complexity index is 368. The van der Waals surface area contributed by atoms with Crippen molar-refractivity contribution in [2.45, 2.75) is 71.1 Å². The number of rotatable bonds is 5. The SMILES string of the molecule is CCOC(=O)C(C=N)=C(C1CCCCC1)C1CCCCC1. The summed E-state index contributed by atoms with van der Waals surface area (Å²) in [7, 11) is 0. The molecule has 0 heterocycles. The van der Waals surface area contributed by atoms with Crippen molar-refractivity contribution < 1.29 is 9.53 Å². The van der Waals surface area contributed by atoms with Crippen molar-refractivity contribution in [3.63, 3.8) is 0 Å². The average molecular weight is 291 g/mol. The van der Waals surface area contributed by atoms with Gasteiger partial charge in [0.2, 0.25) is 0 Å². The molecule has 2 rings (SSSR count). The molecule has 0 aromatic carbocycles. The number of allylic oxidation sites excluding steroid dienone is 1. The van der Waals surface area contributed by atoms with Crippen molar-refractivity contribution in [3.05, 3.63) is 11.1 Å². The fourth-order valence-corrected chi connectivity index (χ4v) is 4.07. The molecule has 0 spiro atoms. The van der Waals surface area contributed by atoms with E-state index in [4.69, 9.17) is 10.1 Å². The van der Waals surface area contributed by atoms with Crippen molar-refractivity contribution in [3.8, 4) is 0 Å². The Morgan fingerprint density at radius 2 is 1.48 bits per heavy atom. The molecule has 21 heavy (non-hydrogen) atoms. The van der Waals surface area contributed by atoms with Crippen LogP contribution < -0.4 is 0 Å². The van der Waals surface area contributed by atoms with E-state index in [1.165, 1.54) is 76.0 Å². The summed E-state index contributed by atoms with van der Waals surface area (Å²) in [6.45, 7) is 2.22. The lowest BCUT2D eigenvalue weighted by Gasteiger charge is -2.33. The minimum Gasteiger partial charge on any atom is -0.462 e. The number of ether oxygens (including phenoxy) is 1. The highest BCUT2D eigenvalue weighted by Gasteiger charge is 2.30. The third-order valence-electron chi connectivity index (χ3n) is 5.04. The second-order valence-electron chi connectivity index (χ2n) is 6.40. The lowest BCUT2D eigenvalue weighted by atomic mass is 9.72. The Labute approximate surface area is 128 Å². The van der Waals surface area contributed by atoms with Gasteiger partial charge in [-0.2, -0.15) is 0 Å². The third kappa shape index (κ3) is 4.18. The van der Waals surface area contributed by atoms with E-state index in [0.717, 1.165) is 0 Å². The first-order chi connectivity index (χ1) is 10.3. The molecule has 3 heteroatoms. The third-order valence-corrected chi connectivity index (χ3v) is 5.04. The van der Waals surface area contributed by atoms with E-state index in [-0.39, 0.29) is 5.97 Å². The van der Waals surface area contributed by atoms with Gasteiger partial charge < -0.3 is 10.1 Å². The average Bonchev–Trinajstić information content (AvgIpc) is 2.54. The van der Waals surface area contributed by atoms with Gasteiger partial charge in [0.15, 0.2) is 0 Å². The summed E-state index contributed by atoms with van der Waals surface area (Å²) in [5.74, 6) is 0.726. The summed E-state index contributed by atoms with van der Waals surface area (Å²) in [4.78, 5) is 12.3. The van der Waals surface area contributed by atoms with Gasteiger partial charge in [-0.1, -0.05) is 38.5 Å². The summed E-state index contributed by atoms with van der Waals surface area (Å²) in [6.07, 6.45) is 13.7. The highest BCUT2D eigenvalue weighted by atomic mass is 16.5. The predicted octanol–water partition coefficient (Wildman–Crippen LogP) is 4.66. The molecule has 0 aromatic rings. The van der Waals surface area contributed by atoms with Crippen LogP contribution in [0.4, 0.5) is 0 Å². The zero-order chi connectivity index (χ0) is 15.1. The van der Waals surface area contributed by atoms with Gasteiger partial charge in [-0.15, -0.1) is 0 Å². The van der Waals surface area contributed by atoms with E-state index in [9.17, 15) is 4.79 Å². The van der Waals surface area contributed by atoms with E-state index in [0.29, 0.717) is 24.0 Å². The summed E-state index contributed by atoms with van der Waals surface area (Å²) >= 11 is 0. The minimum absolute atomic E-state index is 0.279. The molecule has 0 radical (unpaired) electrons. The normalized spacial score (nSPS) is 20.8. The maximum absolute atomic E-state index is 12.3. The van der Waals surface area contributed by atoms with Gasteiger partial charge in [-0.05, 0) is 50.0 Å². The monoisotopic (exact) mass is 291 g/mol. The molecule has 0 unspecified atom stereocenters. The molecule has 0 amide bonds. The molecule has 118 valence electrons. The largest absolute Gasteiger partial charge is 0.462 e. The van der Waals surface area contributed by atoms with Gasteiger partial charge >= 0.3 is 5.97 Å². The Morgan fingerprint density at radius 3 is 1.86 bits per heavy atom. The highest BCUT2D eigenvalue weighted by molar-refractivity contribution is 6.09. The molecule has 2 saturated carbocycles. The van der Waals surface area contributed by atoms with Crippen LogP contribution >= 0.6 is 0 Å². The Morgan fingerprint density at radius 1 is 1.00 bits per heavy atom. The van der Waals surface area contributed by atoms with Gasteiger partial charge in [0, 0.05) is 6.21 Å². The Hall–Kier alpha value is -1.12. The second-order valence-corrected chi connectivity index (χ2v) is 6.40. The maximum atomic E-state index is 12.3. The van der Waals surface area contributed by atoms with E-state index < -0.39 is 0 Å². The number of nitrogens with one attached hydrogen (secondary N) is 1. The van der Waals surface area contributed by atoms with Gasteiger partial charge in [-0.25, -0.2) is 4.79 Å². The predicted molar refractivity (Wildman–Crippen MR) is 85.6 cm³/mol. The van der Waals surface area contributed by atoms with Crippen LogP contribution in [0.3, 0.4) is 0 Å². The van der Waals surface area contributed by atoms with Crippen LogP contribution in [0.25, 0.3) is 0 Å². The molecule has 2 fully saturated rings. The van der Waals surface area contributed by atoms with E-state index in [1.54, 1.807) is 0 Å². The number of hydrogen-bond acceptors (Lipinski definition) is 3. The van der Waals surface area contributed by atoms with E-state index in [2.05, 4.69) is 0 Å². The van der Waals surface area contributed by atoms with E-state index in [1.807, 2.05) is 6.92 Å². The van der Waals surface area contributed by atoms with Crippen LogP contribution in [0.1, 0.15) is 71.1 Å². The van der Waals surface area contributed by atoms with Gasteiger partial charge in [0.05, 0.1) is 12.2 Å². The lowest BCUT2D eigenvalue weighted by molar-refractivity contribution is -0.138. The quantitative estimate of drug-likeness (QED) is 0.455. The first-order valence-electron chi connectivity index (χ1n) is 8.69. The van der Waals surface area contributed by atoms with Gasteiger partial charge in [0.25, 0.3) is 0 Å². The molecule has 0 aromatic heterocycles. The fraction of sp³-hybridized carbons (Fsp3) is 0.778. The first kappa shape index (κ1) is 16.3. The van der Waals surface area contributed by atoms with Crippen molar-refractivity contribution in [1.82, 2.24) is 0 Å². The van der Waals surface area contributed by atoms with Crippen LogP contribution in [0, 0.1) is 17.2 Å². The molecule has 2 aliphatic rings. The summed E-state index contributed by atoms with van der Waals surface area (Å²) in [6, 6.07) is 0. The van der Waals surface area contributed by atoms with Crippen LogP contribution in [0.5, 0.6) is 0 Å². The van der Waals surface area contributed by atoms with Crippen LogP contribution in [0.2, 0.25) is 0 Å². The van der Waals surface area contributed by atoms with Crippen molar-refractivity contribution in [2.75, 3.05) is 6.61 Å². The Balaban J connectivity index is 2.30. The molecule has 0 bridgehead atoms. The van der Waals surface area contributed by atoms with Crippen LogP contribution in [-0.4, -0.2) is 18.8 Å². The lowest BCUT2D eigenvalue weighted by Crippen LogP contribution is -2.24. The smallest absolute Gasteiger partial charge is 0.339 e. The topological polar surface area (TPSA) is 50.2 Å². The Kier molecular flexibility index (Phi) is 6.47. The van der Waals surface area contributed by atoms with Crippen molar-refractivity contribution >= 4 is 12.2 Å². The second kappa shape index (κ2) is 8.35. The minimum atomic E-state index is -0.279. The first-order valence-corrected chi connectivity index (χ1v) is 8.69.